The van der Waals surface area contributed by atoms with Crippen molar-refractivity contribution < 1.29 is 13.7 Å². The molecular formula is C14H16N2O3. The first-order valence-corrected chi connectivity index (χ1v) is 6.45. The van der Waals surface area contributed by atoms with Gasteiger partial charge in [0.2, 0.25) is 0 Å². The van der Waals surface area contributed by atoms with Crippen molar-refractivity contribution in [2.75, 3.05) is 6.54 Å². The lowest BCUT2D eigenvalue weighted by Crippen LogP contribution is -2.30. The number of aromatic nitrogens is 1. The van der Waals surface area contributed by atoms with E-state index >= 15 is 0 Å². The lowest BCUT2D eigenvalue weighted by molar-refractivity contribution is 0.0702. The Morgan fingerprint density at radius 2 is 2.32 bits per heavy atom. The summed E-state index contributed by atoms with van der Waals surface area (Å²) in [5.74, 6) is 1.12. The largest absolute Gasteiger partial charge is 0.459 e. The Bertz CT molecular complexity index is 566. The van der Waals surface area contributed by atoms with E-state index in [-0.39, 0.29) is 11.9 Å². The fourth-order valence-corrected chi connectivity index (χ4v) is 2.82. The first kappa shape index (κ1) is 12.0. The number of hydrogen-bond acceptors (Lipinski definition) is 4. The van der Waals surface area contributed by atoms with Gasteiger partial charge in [-0.25, -0.2) is 0 Å². The van der Waals surface area contributed by atoms with Crippen molar-refractivity contribution in [1.82, 2.24) is 10.1 Å². The molecule has 5 nitrogen and oxygen atoms in total. The van der Waals surface area contributed by atoms with E-state index in [1.165, 1.54) is 6.26 Å². The number of amides is 1. The van der Waals surface area contributed by atoms with Crippen LogP contribution in [0.1, 0.15) is 46.5 Å². The second kappa shape index (κ2) is 4.57. The Morgan fingerprint density at radius 1 is 1.47 bits per heavy atom. The third-order valence-corrected chi connectivity index (χ3v) is 3.67. The third-order valence-electron chi connectivity index (χ3n) is 3.67. The van der Waals surface area contributed by atoms with Crippen molar-refractivity contribution in [3.63, 3.8) is 0 Å². The van der Waals surface area contributed by atoms with Crippen LogP contribution in [0.3, 0.4) is 0 Å². The van der Waals surface area contributed by atoms with E-state index in [1.54, 1.807) is 12.1 Å². The molecule has 3 rings (SSSR count). The number of rotatable bonds is 2. The second-order valence-electron chi connectivity index (χ2n) is 4.87. The summed E-state index contributed by atoms with van der Waals surface area (Å²) in [6.45, 7) is 4.55. The van der Waals surface area contributed by atoms with Gasteiger partial charge in [-0.15, -0.1) is 0 Å². The zero-order chi connectivity index (χ0) is 13.4. The molecule has 2 aromatic rings. The van der Waals surface area contributed by atoms with Crippen LogP contribution in [0.15, 0.2) is 27.3 Å². The maximum Gasteiger partial charge on any atom is 0.290 e. The Morgan fingerprint density at radius 3 is 2.95 bits per heavy atom. The molecule has 0 aromatic carbocycles. The summed E-state index contributed by atoms with van der Waals surface area (Å²) in [4.78, 5) is 14.3. The minimum Gasteiger partial charge on any atom is -0.459 e. The number of aryl methyl sites for hydroxylation is 2. The number of carbonyl (C=O) groups is 1. The molecule has 0 unspecified atom stereocenters. The molecule has 1 atom stereocenters. The highest BCUT2D eigenvalue weighted by Gasteiger charge is 2.35. The molecule has 0 spiro atoms. The minimum atomic E-state index is -0.0625. The van der Waals surface area contributed by atoms with Gasteiger partial charge in [0.1, 0.15) is 5.76 Å². The maximum absolute atomic E-state index is 12.4. The van der Waals surface area contributed by atoms with E-state index in [2.05, 4.69) is 5.16 Å². The van der Waals surface area contributed by atoms with E-state index in [1.807, 2.05) is 18.7 Å². The zero-order valence-corrected chi connectivity index (χ0v) is 11.0. The minimum absolute atomic E-state index is 0.0452. The van der Waals surface area contributed by atoms with Crippen LogP contribution in [0, 0.1) is 13.8 Å². The molecule has 100 valence electrons. The molecule has 0 aliphatic carbocycles. The first-order chi connectivity index (χ1) is 9.18. The highest BCUT2D eigenvalue weighted by atomic mass is 16.5. The standard InChI is InChI=1S/C14H16N2O3/c1-9-13(10(2)19-15-9)11-5-3-7-16(11)14(17)12-6-4-8-18-12/h4,6,8,11H,3,5,7H2,1-2H3/t11-/m1/s1. The Kier molecular flexibility index (Phi) is 2.89. The fourth-order valence-electron chi connectivity index (χ4n) is 2.82. The monoisotopic (exact) mass is 260 g/mol. The summed E-state index contributed by atoms with van der Waals surface area (Å²) >= 11 is 0. The Balaban J connectivity index is 1.92. The normalized spacial score (nSPS) is 19.1. The molecule has 19 heavy (non-hydrogen) atoms. The van der Waals surface area contributed by atoms with Crippen LogP contribution in [0.2, 0.25) is 0 Å². The number of hydrogen-bond donors (Lipinski definition) is 0. The molecule has 0 bridgehead atoms. The lowest BCUT2D eigenvalue weighted by atomic mass is 10.0. The highest BCUT2D eigenvalue weighted by Crippen LogP contribution is 2.36. The van der Waals surface area contributed by atoms with E-state index < -0.39 is 0 Å². The van der Waals surface area contributed by atoms with Crippen LogP contribution in [-0.2, 0) is 0 Å². The van der Waals surface area contributed by atoms with Crippen LogP contribution in [0.4, 0.5) is 0 Å². The molecule has 1 saturated heterocycles. The van der Waals surface area contributed by atoms with Crippen molar-refractivity contribution in [1.29, 1.82) is 0 Å². The smallest absolute Gasteiger partial charge is 0.290 e. The number of likely N-dealkylation sites (tertiary alicyclic amines) is 1. The van der Waals surface area contributed by atoms with Gasteiger partial charge < -0.3 is 13.8 Å². The predicted molar refractivity (Wildman–Crippen MR) is 67.7 cm³/mol. The maximum atomic E-state index is 12.4. The number of nitrogens with zero attached hydrogens (tertiary/aromatic N) is 2. The molecule has 1 amide bonds. The first-order valence-electron chi connectivity index (χ1n) is 6.45. The third kappa shape index (κ3) is 1.95. The summed E-state index contributed by atoms with van der Waals surface area (Å²) in [6, 6.07) is 3.48. The lowest BCUT2D eigenvalue weighted by Gasteiger charge is -2.23. The van der Waals surface area contributed by atoms with Gasteiger partial charge in [-0.2, -0.15) is 0 Å². The van der Waals surface area contributed by atoms with Gasteiger partial charge in [0.15, 0.2) is 5.76 Å². The average Bonchev–Trinajstić information content (AvgIpc) is 3.10. The summed E-state index contributed by atoms with van der Waals surface area (Å²) < 4.78 is 10.4. The summed E-state index contributed by atoms with van der Waals surface area (Å²) in [7, 11) is 0. The Labute approximate surface area is 111 Å². The fraction of sp³-hybridized carbons (Fsp3) is 0.429. The molecular weight excluding hydrogens is 244 g/mol. The van der Waals surface area contributed by atoms with Crippen molar-refractivity contribution in [2.24, 2.45) is 0 Å². The van der Waals surface area contributed by atoms with Crippen LogP contribution in [-0.4, -0.2) is 22.5 Å². The molecule has 0 radical (unpaired) electrons. The molecule has 3 heterocycles. The van der Waals surface area contributed by atoms with Gasteiger partial charge in [-0.3, -0.25) is 4.79 Å². The van der Waals surface area contributed by atoms with E-state index in [4.69, 9.17) is 8.94 Å². The van der Waals surface area contributed by atoms with E-state index in [0.29, 0.717) is 5.76 Å². The van der Waals surface area contributed by atoms with Crippen molar-refractivity contribution >= 4 is 5.91 Å². The SMILES string of the molecule is Cc1noc(C)c1[C@H]1CCCN1C(=O)c1ccco1. The van der Waals surface area contributed by atoms with Gasteiger partial charge >= 0.3 is 0 Å². The molecule has 1 fully saturated rings. The predicted octanol–water partition coefficient (Wildman–Crippen LogP) is 2.86. The molecule has 1 aliphatic rings. The van der Waals surface area contributed by atoms with Crippen molar-refractivity contribution in [3.8, 4) is 0 Å². The summed E-state index contributed by atoms with van der Waals surface area (Å²) in [5, 5.41) is 3.98. The van der Waals surface area contributed by atoms with Gasteiger partial charge in [0, 0.05) is 12.1 Å². The highest BCUT2D eigenvalue weighted by molar-refractivity contribution is 5.92. The van der Waals surface area contributed by atoms with Crippen LogP contribution >= 0.6 is 0 Å². The Hall–Kier alpha value is -2.04. The topological polar surface area (TPSA) is 59.5 Å². The van der Waals surface area contributed by atoms with Crippen LogP contribution < -0.4 is 0 Å². The van der Waals surface area contributed by atoms with Crippen molar-refractivity contribution in [2.45, 2.75) is 32.7 Å². The van der Waals surface area contributed by atoms with Gasteiger partial charge in [-0.05, 0) is 38.8 Å². The number of carbonyl (C=O) groups excluding carboxylic acids is 1. The van der Waals surface area contributed by atoms with Gasteiger partial charge in [-0.1, -0.05) is 5.16 Å². The van der Waals surface area contributed by atoms with Gasteiger partial charge in [0.05, 0.1) is 18.0 Å². The average molecular weight is 260 g/mol. The molecule has 0 N–H and O–H groups in total. The second-order valence-corrected chi connectivity index (χ2v) is 4.87. The van der Waals surface area contributed by atoms with Crippen LogP contribution in [0.25, 0.3) is 0 Å². The zero-order valence-electron chi connectivity index (χ0n) is 11.0. The molecule has 1 aliphatic heterocycles. The van der Waals surface area contributed by atoms with E-state index in [9.17, 15) is 4.79 Å². The van der Waals surface area contributed by atoms with E-state index in [0.717, 1.165) is 36.4 Å². The molecule has 0 saturated carbocycles. The number of furan rings is 1. The quantitative estimate of drug-likeness (QED) is 0.833. The summed E-state index contributed by atoms with van der Waals surface area (Å²) in [5.41, 5.74) is 1.90. The molecule has 5 heteroatoms. The van der Waals surface area contributed by atoms with Gasteiger partial charge in [0.25, 0.3) is 5.91 Å². The summed E-state index contributed by atoms with van der Waals surface area (Å²) in [6.07, 6.45) is 3.45. The van der Waals surface area contributed by atoms with Crippen LogP contribution in [0.5, 0.6) is 0 Å². The molecule has 2 aromatic heterocycles. The van der Waals surface area contributed by atoms with Crippen molar-refractivity contribution in [3.05, 3.63) is 41.2 Å².